The Balaban J connectivity index is 2.46. The third-order valence-electron chi connectivity index (χ3n) is 1.49. The molecule has 0 aliphatic rings. The summed E-state index contributed by atoms with van der Waals surface area (Å²) in [5.74, 6) is -1.06. The Hall–Kier alpha value is -0.140. The lowest BCUT2D eigenvalue weighted by Crippen LogP contribution is -2.12. The summed E-state index contributed by atoms with van der Waals surface area (Å²) in [7, 11) is 0. The molecule has 0 spiro atoms. The van der Waals surface area contributed by atoms with Crippen LogP contribution in [0.5, 0.6) is 0 Å². The van der Waals surface area contributed by atoms with Crippen molar-refractivity contribution in [3.8, 4) is 0 Å². The summed E-state index contributed by atoms with van der Waals surface area (Å²) in [4.78, 5) is 10.8. The molecule has 0 fully saturated rings. The van der Waals surface area contributed by atoms with E-state index in [9.17, 15) is 9.90 Å². The highest BCUT2D eigenvalue weighted by atomic mass is 79.9. The van der Waals surface area contributed by atoms with Gasteiger partial charge in [-0.05, 0) is 22.0 Å². The predicted molar refractivity (Wildman–Crippen MR) is 60.4 cm³/mol. The Morgan fingerprint density at radius 3 is 2.87 bits per heavy atom. The van der Waals surface area contributed by atoms with Crippen molar-refractivity contribution < 1.29 is 19.7 Å². The molecule has 4 nitrogen and oxygen atoms in total. The first-order valence-electron chi connectivity index (χ1n) is 3.93. The SMILES string of the molecule is O=C(O)COCC(O)c1cc(Br)c(Cl)s1. The topological polar surface area (TPSA) is 66.8 Å². The zero-order valence-electron chi connectivity index (χ0n) is 7.44. The molecule has 0 aliphatic carbocycles. The summed E-state index contributed by atoms with van der Waals surface area (Å²) in [6.45, 7) is -0.479. The maximum Gasteiger partial charge on any atom is 0.329 e. The fourth-order valence-electron chi connectivity index (χ4n) is 0.868. The van der Waals surface area contributed by atoms with Crippen molar-refractivity contribution in [1.82, 2.24) is 0 Å². The van der Waals surface area contributed by atoms with Crippen LogP contribution in [0.3, 0.4) is 0 Å². The molecule has 0 aliphatic heterocycles. The highest BCUT2D eigenvalue weighted by molar-refractivity contribution is 9.10. The molecule has 7 heteroatoms. The molecule has 84 valence electrons. The van der Waals surface area contributed by atoms with E-state index in [0.29, 0.717) is 13.7 Å². The first kappa shape index (κ1) is 12.9. The van der Waals surface area contributed by atoms with E-state index in [-0.39, 0.29) is 6.61 Å². The van der Waals surface area contributed by atoms with Crippen molar-refractivity contribution in [3.05, 3.63) is 19.8 Å². The number of carbonyl (C=O) groups is 1. The summed E-state index contributed by atoms with van der Waals surface area (Å²) >= 11 is 10.2. The van der Waals surface area contributed by atoms with Crippen LogP contribution in [0.25, 0.3) is 0 Å². The number of aliphatic hydroxyl groups is 1. The van der Waals surface area contributed by atoms with Gasteiger partial charge in [-0.2, -0.15) is 0 Å². The molecule has 1 aromatic rings. The third kappa shape index (κ3) is 4.08. The van der Waals surface area contributed by atoms with Crippen LogP contribution in [-0.4, -0.2) is 29.4 Å². The number of halogens is 2. The molecule has 0 saturated carbocycles. The number of carboxylic acid groups (broad SMARTS) is 1. The summed E-state index contributed by atoms with van der Waals surface area (Å²) in [5.41, 5.74) is 0. The maximum absolute atomic E-state index is 10.1. The Labute approximate surface area is 104 Å². The number of hydrogen-bond acceptors (Lipinski definition) is 4. The van der Waals surface area contributed by atoms with Gasteiger partial charge in [-0.1, -0.05) is 11.6 Å². The summed E-state index contributed by atoms with van der Waals surface area (Å²) in [5, 5.41) is 17.9. The van der Waals surface area contributed by atoms with Gasteiger partial charge in [0.1, 0.15) is 17.0 Å². The minimum absolute atomic E-state index is 0.0599. The molecule has 1 rings (SSSR count). The molecule has 0 bridgehead atoms. The van der Waals surface area contributed by atoms with Crippen molar-refractivity contribution in [2.75, 3.05) is 13.2 Å². The average molecular weight is 316 g/mol. The van der Waals surface area contributed by atoms with Crippen LogP contribution in [0, 0.1) is 0 Å². The van der Waals surface area contributed by atoms with Crippen molar-refractivity contribution in [2.45, 2.75) is 6.10 Å². The fraction of sp³-hybridized carbons (Fsp3) is 0.375. The Kier molecular flexibility index (Phi) is 5.01. The number of aliphatic hydroxyl groups excluding tert-OH is 1. The van der Waals surface area contributed by atoms with E-state index in [1.165, 1.54) is 11.3 Å². The van der Waals surface area contributed by atoms with Crippen LogP contribution >= 0.6 is 38.9 Å². The fourth-order valence-corrected chi connectivity index (χ4v) is 2.57. The molecular weight excluding hydrogens is 308 g/mol. The van der Waals surface area contributed by atoms with Gasteiger partial charge in [0.2, 0.25) is 0 Å². The zero-order chi connectivity index (χ0) is 11.4. The average Bonchev–Trinajstić information content (AvgIpc) is 2.46. The Bertz CT molecular complexity index is 335. The largest absolute Gasteiger partial charge is 0.480 e. The molecule has 2 N–H and O–H groups in total. The first-order valence-corrected chi connectivity index (χ1v) is 5.91. The number of rotatable bonds is 5. The Morgan fingerprint density at radius 1 is 1.73 bits per heavy atom. The molecule has 0 amide bonds. The molecule has 0 radical (unpaired) electrons. The molecule has 0 saturated heterocycles. The van der Waals surface area contributed by atoms with E-state index in [4.69, 9.17) is 21.4 Å². The van der Waals surface area contributed by atoms with Gasteiger partial charge in [0.05, 0.1) is 6.61 Å². The monoisotopic (exact) mass is 314 g/mol. The van der Waals surface area contributed by atoms with Crippen molar-refractivity contribution in [1.29, 1.82) is 0 Å². The number of carboxylic acids is 1. The quantitative estimate of drug-likeness (QED) is 0.875. The van der Waals surface area contributed by atoms with Crippen LogP contribution in [0.4, 0.5) is 0 Å². The van der Waals surface area contributed by atoms with Gasteiger partial charge in [-0.3, -0.25) is 0 Å². The standard InChI is InChI=1S/C8H8BrClO4S/c9-4-1-6(15-8(4)10)5(11)2-14-3-7(12)13/h1,5,11H,2-3H2,(H,12,13). The lowest BCUT2D eigenvalue weighted by atomic mass is 10.3. The van der Waals surface area contributed by atoms with Gasteiger partial charge < -0.3 is 14.9 Å². The van der Waals surface area contributed by atoms with Crippen molar-refractivity contribution >= 4 is 44.8 Å². The van der Waals surface area contributed by atoms with Gasteiger partial charge in [0.25, 0.3) is 0 Å². The van der Waals surface area contributed by atoms with E-state index >= 15 is 0 Å². The highest BCUT2D eigenvalue weighted by Gasteiger charge is 2.13. The predicted octanol–water partition coefficient (Wildman–Crippen LogP) is 2.30. The molecular formula is C8H8BrClO4S. The first-order chi connectivity index (χ1) is 7.00. The molecule has 1 unspecified atom stereocenters. The number of aliphatic carboxylic acids is 1. The number of hydrogen-bond donors (Lipinski definition) is 2. The minimum atomic E-state index is -1.06. The molecule has 0 aromatic carbocycles. The second kappa shape index (κ2) is 5.81. The van der Waals surface area contributed by atoms with Gasteiger partial charge >= 0.3 is 5.97 Å². The second-order valence-corrected chi connectivity index (χ2v) is 5.24. The van der Waals surface area contributed by atoms with Gasteiger partial charge in [0.15, 0.2) is 0 Å². The summed E-state index contributed by atoms with van der Waals surface area (Å²) < 4.78 is 6.01. The van der Waals surface area contributed by atoms with Crippen molar-refractivity contribution in [2.24, 2.45) is 0 Å². The van der Waals surface area contributed by atoms with Crippen molar-refractivity contribution in [3.63, 3.8) is 0 Å². The highest BCUT2D eigenvalue weighted by Crippen LogP contribution is 2.35. The van der Waals surface area contributed by atoms with Crippen LogP contribution in [-0.2, 0) is 9.53 Å². The Morgan fingerprint density at radius 2 is 2.40 bits per heavy atom. The van der Waals surface area contributed by atoms with Crippen LogP contribution in [0.15, 0.2) is 10.5 Å². The van der Waals surface area contributed by atoms with E-state index in [1.807, 2.05) is 0 Å². The van der Waals surface area contributed by atoms with E-state index in [0.717, 1.165) is 0 Å². The molecule has 1 atom stereocenters. The minimum Gasteiger partial charge on any atom is -0.480 e. The molecule has 1 aromatic heterocycles. The normalized spacial score (nSPS) is 12.7. The van der Waals surface area contributed by atoms with E-state index < -0.39 is 18.7 Å². The number of thiophene rings is 1. The lowest BCUT2D eigenvalue weighted by Gasteiger charge is -2.07. The van der Waals surface area contributed by atoms with Crippen LogP contribution in [0.1, 0.15) is 11.0 Å². The molecule has 1 heterocycles. The van der Waals surface area contributed by atoms with Gasteiger partial charge in [-0.15, -0.1) is 11.3 Å². The van der Waals surface area contributed by atoms with Crippen LogP contribution < -0.4 is 0 Å². The number of ether oxygens (including phenoxy) is 1. The zero-order valence-corrected chi connectivity index (χ0v) is 10.6. The molecule has 15 heavy (non-hydrogen) atoms. The maximum atomic E-state index is 10.1. The third-order valence-corrected chi connectivity index (χ3v) is 4.07. The lowest BCUT2D eigenvalue weighted by molar-refractivity contribution is -0.143. The second-order valence-electron chi connectivity index (χ2n) is 2.70. The van der Waals surface area contributed by atoms with Gasteiger partial charge in [-0.25, -0.2) is 4.79 Å². The van der Waals surface area contributed by atoms with E-state index in [1.54, 1.807) is 6.07 Å². The van der Waals surface area contributed by atoms with Crippen LogP contribution in [0.2, 0.25) is 4.34 Å². The van der Waals surface area contributed by atoms with Gasteiger partial charge in [0, 0.05) is 9.35 Å². The smallest absolute Gasteiger partial charge is 0.329 e. The summed E-state index contributed by atoms with van der Waals surface area (Å²) in [6, 6.07) is 1.68. The summed E-state index contributed by atoms with van der Waals surface area (Å²) in [6.07, 6.45) is -0.849. The van der Waals surface area contributed by atoms with E-state index in [2.05, 4.69) is 15.9 Å².